The molecular weight excluding hydrogens is 357 g/mol. The zero-order valence-electron chi connectivity index (χ0n) is 16.9. The molecule has 1 amide bonds. The predicted octanol–water partition coefficient (Wildman–Crippen LogP) is 3.60. The van der Waals surface area contributed by atoms with Crippen LogP contribution in [0.2, 0.25) is 0 Å². The first kappa shape index (κ1) is 19.8. The van der Waals surface area contributed by atoms with Crippen molar-refractivity contribution in [3.05, 3.63) is 58.3 Å². The molecule has 28 heavy (non-hydrogen) atoms. The van der Waals surface area contributed by atoms with Gasteiger partial charge in [-0.05, 0) is 69.5 Å². The maximum absolute atomic E-state index is 13.6. The number of carbonyl (C=O) groups is 1. The number of imidazole rings is 1. The molecule has 4 N–H and O–H groups in total. The number of hydrogen-bond donors (Lipinski definition) is 3. The van der Waals surface area contributed by atoms with Gasteiger partial charge in [-0.1, -0.05) is 0 Å². The number of carbonyl (C=O) groups excluding carboxylic acids is 1. The van der Waals surface area contributed by atoms with E-state index in [1.165, 1.54) is 12.1 Å². The Balaban J connectivity index is 1.99. The van der Waals surface area contributed by atoms with E-state index in [1.807, 2.05) is 44.4 Å². The molecule has 0 bridgehead atoms. The number of hydrogen-bond acceptors (Lipinski definition) is 4. The van der Waals surface area contributed by atoms with Crippen molar-refractivity contribution in [1.29, 1.82) is 0 Å². The lowest BCUT2D eigenvalue weighted by atomic mass is 10.0. The van der Waals surface area contributed by atoms with Crippen LogP contribution in [0.1, 0.15) is 35.0 Å². The highest BCUT2D eigenvalue weighted by atomic mass is 19.1. The van der Waals surface area contributed by atoms with Crippen molar-refractivity contribution in [2.24, 2.45) is 5.73 Å². The van der Waals surface area contributed by atoms with Crippen molar-refractivity contribution in [2.75, 3.05) is 10.6 Å². The van der Waals surface area contributed by atoms with E-state index in [9.17, 15) is 9.18 Å². The third-order valence-corrected chi connectivity index (χ3v) is 4.99. The maximum Gasteiger partial charge on any atom is 0.241 e. The van der Waals surface area contributed by atoms with Gasteiger partial charge in [0.25, 0.3) is 0 Å². The number of halogens is 1. The second-order valence-electron chi connectivity index (χ2n) is 7.27. The molecule has 0 radical (unpaired) electrons. The summed E-state index contributed by atoms with van der Waals surface area (Å²) in [6, 6.07) is 4.29. The lowest BCUT2D eigenvalue weighted by Crippen LogP contribution is -2.32. The van der Waals surface area contributed by atoms with Crippen LogP contribution in [0.5, 0.6) is 0 Å². The highest BCUT2D eigenvalue weighted by Crippen LogP contribution is 2.26. The third kappa shape index (κ3) is 3.84. The molecule has 3 aromatic rings. The molecule has 0 aliphatic rings. The van der Waals surface area contributed by atoms with E-state index in [0.29, 0.717) is 12.2 Å². The lowest BCUT2D eigenvalue weighted by molar-refractivity contribution is -0.117. The molecule has 6 nitrogen and oxygen atoms in total. The van der Waals surface area contributed by atoms with Gasteiger partial charge in [-0.2, -0.15) is 0 Å². The predicted molar refractivity (Wildman–Crippen MR) is 110 cm³/mol. The van der Waals surface area contributed by atoms with Gasteiger partial charge in [-0.15, -0.1) is 0 Å². The molecule has 0 saturated heterocycles. The zero-order valence-corrected chi connectivity index (χ0v) is 16.9. The average Bonchev–Trinajstić information content (AvgIpc) is 2.89. The van der Waals surface area contributed by atoms with E-state index in [1.54, 1.807) is 6.92 Å². The molecule has 2 aromatic heterocycles. The van der Waals surface area contributed by atoms with Gasteiger partial charge < -0.3 is 20.8 Å². The standard InChI is InChI=1S/C21H26FN5O/c1-11-6-16(22)7-12(2)18(11)9-24-19-8-17(26-21(28)13(3)23)10-27-15(5)14(4)25-20(19)27/h6-8,10,13,24H,9,23H2,1-5H3,(H,26,28)/t13-/m0/s1. The molecule has 0 saturated carbocycles. The molecule has 7 heteroatoms. The monoisotopic (exact) mass is 383 g/mol. The third-order valence-electron chi connectivity index (χ3n) is 4.99. The highest BCUT2D eigenvalue weighted by Gasteiger charge is 2.14. The Hall–Kier alpha value is -2.93. The fourth-order valence-corrected chi connectivity index (χ4v) is 3.23. The summed E-state index contributed by atoms with van der Waals surface area (Å²) in [5.41, 5.74) is 12.6. The summed E-state index contributed by atoms with van der Waals surface area (Å²) in [5, 5.41) is 6.24. The van der Waals surface area contributed by atoms with E-state index in [0.717, 1.165) is 39.4 Å². The van der Waals surface area contributed by atoms with Crippen molar-refractivity contribution in [1.82, 2.24) is 9.38 Å². The van der Waals surface area contributed by atoms with Crippen LogP contribution in [0.15, 0.2) is 24.4 Å². The van der Waals surface area contributed by atoms with E-state index in [-0.39, 0.29) is 11.7 Å². The topological polar surface area (TPSA) is 84.4 Å². The lowest BCUT2D eigenvalue weighted by Gasteiger charge is -2.15. The number of benzene rings is 1. The van der Waals surface area contributed by atoms with Crippen molar-refractivity contribution in [3.8, 4) is 0 Å². The van der Waals surface area contributed by atoms with Crippen molar-refractivity contribution >= 4 is 22.9 Å². The van der Waals surface area contributed by atoms with E-state index >= 15 is 0 Å². The number of rotatable bonds is 5. The first-order valence-corrected chi connectivity index (χ1v) is 9.22. The Labute approximate surface area is 164 Å². The maximum atomic E-state index is 13.6. The van der Waals surface area contributed by atoms with Crippen molar-refractivity contribution < 1.29 is 9.18 Å². The highest BCUT2D eigenvalue weighted by molar-refractivity contribution is 5.95. The van der Waals surface area contributed by atoms with Gasteiger partial charge in [0.1, 0.15) is 5.82 Å². The van der Waals surface area contributed by atoms with Crippen LogP contribution in [0.25, 0.3) is 5.65 Å². The molecule has 3 rings (SSSR count). The van der Waals surface area contributed by atoms with Gasteiger partial charge in [-0.25, -0.2) is 9.37 Å². The van der Waals surface area contributed by atoms with Crippen LogP contribution in [0.4, 0.5) is 15.8 Å². The number of amides is 1. The minimum atomic E-state index is -0.609. The van der Waals surface area contributed by atoms with Gasteiger partial charge in [0.05, 0.1) is 23.1 Å². The van der Waals surface area contributed by atoms with Crippen LogP contribution in [-0.2, 0) is 11.3 Å². The summed E-state index contributed by atoms with van der Waals surface area (Å²) in [5.74, 6) is -0.494. The molecule has 1 aromatic carbocycles. The number of nitrogens with two attached hydrogens (primary N) is 1. The van der Waals surface area contributed by atoms with Crippen LogP contribution >= 0.6 is 0 Å². The summed E-state index contributed by atoms with van der Waals surface area (Å²) in [6.07, 6.45) is 1.84. The van der Waals surface area contributed by atoms with Gasteiger partial charge >= 0.3 is 0 Å². The number of nitrogens with one attached hydrogen (secondary N) is 2. The summed E-state index contributed by atoms with van der Waals surface area (Å²) >= 11 is 0. The molecule has 0 aliphatic carbocycles. The largest absolute Gasteiger partial charge is 0.378 e. The van der Waals surface area contributed by atoms with Crippen LogP contribution < -0.4 is 16.4 Å². The Bertz CT molecular complexity index is 1030. The number of aryl methyl sites for hydroxylation is 4. The number of nitrogens with zero attached hydrogens (tertiary/aromatic N) is 2. The second-order valence-corrected chi connectivity index (χ2v) is 7.27. The van der Waals surface area contributed by atoms with E-state index < -0.39 is 6.04 Å². The molecule has 148 valence electrons. The number of pyridine rings is 1. The summed E-state index contributed by atoms with van der Waals surface area (Å²) in [7, 11) is 0. The Morgan fingerprint density at radius 2 is 1.86 bits per heavy atom. The molecule has 1 atom stereocenters. The minimum absolute atomic E-state index is 0.235. The van der Waals surface area contributed by atoms with Gasteiger partial charge in [-0.3, -0.25) is 4.79 Å². The first-order chi connectivity index (χ1) is 13.2. The fourth-order valence-electron chi connectivity index (χ4n) is 3.23. The summed E-state index contributed by atoms with van der Waals surface area (Å²) in [4.78, 5) is 16.7. The Morgan fingerprint density at radius 1 is 1.21 bits per heavy atom. The molecule has 0 unspecified atom stereocenters. The number of fused-ring (bicyclic) bond motifs is 1. The first-order valence-electron chi connectivity index (χ1n) is 9.22. The molecule has 0 spiro atoms. The molecule has 2 heterocycles. The SMILES string of the molecule is Cc1cc(F)cc(C)c1CNc1cc(NC(=O)[C@H](C)N)cn2c(C)c(C)nc12. The summed E-state index contributed by atoms with van der Waals surface area (Å²) < 4.78 is 15.5. The van der Waals surface area contributed by atoms with Gasteiger partial charge in [0.2, 0.25) is 5.91 Å². The van der Waals surface area contributed by atoms with Crippen molar-refractivity contribution in [3.63, 3.8) is 0 Å². The molecule has 0 aliphatic heterocycles. The van der Waals surface area contributed by atoms with Crippen LogP contribution in [-0.4, -0.2) is 21.3 Å². The molecular formula is C21H26FN5O. The average molecular weight is 383 g/mol. The van der Waals surface area contributed by atoms with E-state index in [2.05, 4.69) is 15.6 Å². The normalized spacial score (nSPS) is 12.2. The van der Waals surface area contributed by atoms with Gasteiger partial charge in [0.15, 0.2) is 5.65 Å². The number of anilines is 2. The number of aromatic nitrogens is 2. The fraction of sp³-hybridized carbons (Fsp3) is 0.333. The smallest absolute Gasteiger partial charge is 0.241 e. The van der Waals surface area contributed by atoms with Crippen LogP contribution in [0, 0.1) is 33.5 Å². The minimum Gasteiger partial charge on any atom is -0.378 e. The van der Waals surface area contributed by atoms with Crippen LogP contribution in [0.3, 0.4) is 0 Å². The van der Waals surface area contributed by atoms with Crippen molar-refractivity contribution in [2.45, 2.75) is 47.2 Å². The Morgan fingerprint density at radius 3 is 2.46 bits per heavy atom. The second kappa shape index (κ2) is 7.59. The van der Waals surface area contributed by atoms with E-state index in [4.69, 9.17) is 5.73 Å². The molecule has 0 fully saturated rings. The quantitative estimate of drug-likeness (QED) is 0.628. The zero-order chi connectivity index (χ0) is 20.6. The van der Waals surface area contributed by atoms with Gasteiger partial charge in [0, 0.05) is 18.4 Å². The summed E-state index contributed by atoms with van der Waals surface area (Å²) in [6.45, 7) is 9.87. The Kier molecular flexibility index (Phi) is 5.38.